The zero-order chi connectivity index (χ0) is 23.7. The van der Waals surface area contributed by atoms with E-state index in [1.54, 1.807) is 29.9 Å². The molecule has 4 aromatic rings. The first-order chi connectivity index (χ1) is 15.7. The van der Waals surface area contributed by atoms with Crippen LogP contribution in [0.3, 0.4) is 0 Å². The van der Waals surface area contributed by atoms with Crippen LogP contribution >= 0.6 is 23.2 Å². The SMILES string of the molecule is Cc1cc2nn(-c3ccc(C(C)C)cc3)nc2cc1NC(=O)C(C)Oc1ccc(Cl)cc1Cl. The van der Waals surface area contributed by atoms with E-state index in [4.69, 9.17) is 27.9 Å². The van der Waals surface area contributed by atoms with Crippen LogP contribution in [0.15, 0.2) is 54.6 Å². The molecule has 0 saturated heterocycles. The number of aromatic nitrogens is 3. The third-order valence-corrected chi connectivity index (χ3v) is 5.87. The van der Waals surface area contributed by atoms with E-state index in [1.807, 2.05) is 31.2 Å². The van der Waals surface area contributed by atoms with Crippen LogP contribution in [0.1, 0.15) is 37.8 Å². The number of aryl methyl sites for hydroxylation is 1. The number of hydrogen-bond acceptors (Lipinski definition) is 4. The molecule has 0 radical (unpaired) electrons. The number of halogens is 2. The van der Waals surface area contributed by atoms with Crippen LogP contribution in [-0.2, 0) is 4.79 Å². The minimum absolute atomic E-state index is 0.305. The van der Waals surface area contributed by atoms with E-state index in [0.717, 1.165) is 16.8 Å². The highest BCUT2D eigenvalue weighted by atomic mass is 35.5. The van der Waals surface area contributed by atoms with Gasteiger partial charge in [0, 0.05) is 10.7 Å². The van der Waals surface area contributed by atoms with Gasteiger partial charge in [-0.25, -0.2) is 0 Å². The number of anilines is 1. The van der Waals surface area contributed by atoms with Crippen molar-refractivity contribution in [3.63, 3.8) is 0 Å². The molecule has 0 aliphatic carbocycles. The van der Waals surface area contributed by atoms with Crippen molar-refractivity contribution in [1.29, 1.82) is 0 Å². The quantitative estimate of drug-likeness (QED) is 0.337. The summed E-state index contributed by atoms with van der Waals surface area (Å²) in [4.78, 5) is 14.4. The summed E-state index contributed by atoms with van der Waals surface area (Å²) in [6.45, 7) is 7.88. The summed E-state index contributed by atoms with van der Waals surface area (Å²) >= 11 is 12.1. The summed E-state index contributed by atoms with van der Waals surface area (Å²) < 4.78 is 5.72. The third-order valence-electron chi connectivity index (χ3n) is 5.34. The summed E-state index contributed by atoms with van der Waals surface area (Å²) in [5.74, 6) is 0.544. The average molecular weight is 483 g/mol. The Bertz CT molecular complexity index is 1320. The van der Waals surface area contributed by atoms with Crippen molar-refractivity contribution in [1.82, 2.24) is 15.0 Å². The Balaban J connectivity index is 1.53. The van der Waals surface area contributed by atoms with Gasteiger partial charge in [-0.05, 0) is 73.4 Å². The molecule has 1 N–H and O–H groups in total. The van der Waals surface area contributed by atoms with Crippen molar-refractivity contribution in [3.8, 4) is 11.4 Å². The Labute approximate surface area is 202 Å². The fourth-order valence-corrected chi connectivity index (χ4v) is 3.81. The summed E-state index contributed by atoms with van der Waals surface area (Å²) in [6.07, 6.45) is -0.770. The predicted octanol–water partition coefficient (Wildman–Crippen LogP) is 6.57. The van der Waals surface area contributed by atoms with Crippen molar-refractivity contribution in [3.05, 3.63) is 75.8 Å². The van der Waals surface area contributed by atoms with Crippen molar-refractivity contribution in [2.45, 2.75) is 39.7 Å². The zero-order valence-electron chi connectivity index (χ0n) is 18.8. The highest BCUT2D eigenvalue weighted by Crippen LogP contribution is 2.29. The highest BCUT2D eigenvalue weighted by molar-refractivity contribution is 6.35. The van der Waals surface area contributed by atoms with Gasteiger partial charge in [0.2, 0.25) is 0 Å². The molecule has 1 amide bonds. The number of ether oxygens (including phenoxy) is 1. The molecular formula is C25H24Cl2N4O2. The lowest BCUT2D eigenvalue weighted by atomic mass is 10.0. The Morgan fingerprint density at radius 1 is 0.970 bits per heavy atom. The molecule has 6 nitrogen and oxygen atoms in total. The Hall–Kier alpha value is -3.09. The predicted molar refractivity (Wildman–Crippen MR) is 133 cm³/mol. The lowest BCUT2D eigenvalue weighted by Crippen LogP contribution is -2.30. The highest BCUT2D eigenvalue weighted by Gasteiger charge is 2.18. The molecule has 0 bridgehead atoms. The maximum absolute atomic E-state index is 12.8. The van der Waals surface area contributed by atoms with Gasteiger partial charge in [0.05, 0.1) is 10.7 Å². The van der Waals surface area contributed by atoms with Gasteiger partial charge in [-0.2, -0.15) is 4.80 Å². The van der Waals surface area contributed by atoms with Crippen molar-refractivity contribution >= 4 is 45.8 Å². The van der Waals surface area contributed by atoms with Crippen LogP contribution in [0.5, 0.6) is 5.75 Å². The van der Waals surface area contributed by atoms with Gasteiger partial charge in [0.1, 0.15) is 16.8 Å². The molecule has 0 aliphatic rings. The fraction of sp³-hybridized carbons (Fsp3) is 0.240. The van der Waals surface area contributed by atoms with Crippen molar-refractivity contribution in [2.75, 3.05) is 5.32 Å². The molecule has 3 aromatic carbocycles. The lowest BCUT2D eigenvalue weighted by molar-refractivity contribution is -0.122. The molecule has 1 unspecified atom stereocenters. The number of amides is 1. The molecular weight excluding hydrogens is 459 g/mol. The number of nitrogens with one attached hydrogen (secondary N) is 1. The van der Waals surface area contributed by atoms with E-state index < -0.39 is 6.10 Å². The van der Waals surface area contributed by atoms with Gasteiger partial charge in [-0.15, -0.1) is 10.2 Å². The fourth-order valence-electron chi connectivity index (χ4n) is 3.36. The molecule has 0 aliphatic heterocycles. The molecule has 170 valence electrons. The van der Waals surface area contributed by atoms with E-state index in [0.29, 0.717) is 32.9 Å². The van der Waals surface area contributed by atoms with E-state index >= 15 is 0 Å². The summed E-state index contributed by atoms with van der Waals surface area (Å²) in [7, 11) is 0. The Kier molecular flexibility index (Phi) is 6.58. The van der Waals surface area contributed by atoms with Crippen LogP contribution in [0.4, 0.5) is 5.69 Å². The molecule has 1 atom stereocenters. The summed E-state index contributed by atoms with van der Waals surface area (Å²) in [5, 5.41) is 12.9. The number of fused-ring (bicyclic) bond motifs is 1. The minimum Gasteiger partial charge on any atom is -0.479 e. The normalized spacial score (nSPS) is 12.2. The van der Waals surface area contributed by atoms with Gasteiger partial charge in [0.25, 0.3) is 5.91 Å². The lowest BCUT2D eigenvalue weighted by Gasteiger charge is -2.16. The molecule has 8 heteroatoms. The molecule has 1 aromatic heterocycles. The van der Waals surface area contributed by atoms with Gasteiger partial charge >= 0.3 is 0 Å². The molecule has 4 rings (SSSR count). The van der Waals surface area contributed by atoms with Crippen LogP contribution in [0, 0.1) is 6.92 Å². The smallest absolute Gasteiger partial charge is 0.265 e. The monoisotopic (exact) mass is 482 g/mol. The number of hydrogen-bond donors (Lipinski definition) is 1. The van der Waals surface area contributed by atoms with Gasteiger partial charge in [0.15, 0.2) is 6.10 Å². The number of rotatable bonds is 6. The second-order valence-electron chi connectivity index (χ2n) is 8.22. The van der Waals surface area contributed by atoms with Gasteiger partial charge < -0.3 is 10.1 Å². The second kappa shape index (κ2) is 9.41. The summed E-state index contributed by atoms with van der Waals surface area (Å²) in [5.41, 5.74) is 5.07. The van der Waals surface area contributed by atoms with Gasteiger partial charge in [-0.3, -0.25) is 4.79 Å². The van der Waals surface area contributed by atoms with Crippen molar-refractivity contribution < 1.29 is 9.53 Å². The molecule has 33 heavy (non-hydrogen) atoms. The van der Waals surface area contributed by atoms with Crippen LogP contribution in [0.25, 0.3) is 16.7 Å². The molecule has 1 heterocycles. The largest absolute Gasteiger partial charge is 0.479 e. The van der Waals surface area contributed by atoms with Gasteiger partial charge in [-0.1, -0.05) is 49.2 Å². The number of nitrogens with zero attached hydrogens (tertiary/aromatic N) is 3. The second-order valence-corrected chi connectivity index (χ2v) is 9.06. The zero-order valence-corrected chi connectivity index (χ0v) is 20.3. The van der Waals surface area contributed by atoms with Crippen LogP contribution < -0.4 is 10.1 Å². The minimum atomic E-state index is -0.770. The van der Waals surface area contributed by atoms with E-state index in [9.17, 15) is 4.79 Å². The summed E-state index contributed by atoms with van der Waals surface area (Å²) in [6, 6.07) is 16.8. The first kappa shape index (κ1) is 23.1. The third kappa shape index (κ3) is 5.13. The van der Waals surface area contributed by atoms with E-state index in [2.05, 4.69) is 41.5 Å². The maximum atomic E-state index is 12.8. The first-order valence-electron chi connectivity index (χ1n) is 10.6. The first-order valence-corrected chi connectivity index (χ1v) is 11.4. The Morgan fingerprint density at radius 3 is 2.27 bits per heavy atom. The van der Waals surface area contributed by atoms with Crippen LogP contribution in [-0.4, -0.2) is 27.0 Å². The average Bonchev–Trinajstić information content (AvgIpc) is 3.18. The van der Waals surface area contributed by atoms with Crippen molar-refractivity contribution in [2.24, 2.45) is 0 Å². The number of benzene rings is 3. The molecule has 0 fully saturated rings. The van der Waals surface area contributed by atoms with E-state index in [1.165, 1.54) is 5.56 Å². The Morgan fingerprint density at radius 2 is 1.64 bits per heavy atom. The molecule has 0 spiro atoms. The van der Waals surface area contributed by atoms with Crippen LogP contribution in [0.2, 0.25) is 10.0 Å². The standard InChI is InChI=1S/C25H24Cl2N4O2/c1-14(2)17-5-8-19(9-6-17)31-29-22-11-15(3)21(13-23(22)30-31)28-25(32)16(4)33-24-10-7-18(26)12-20(24)27/h5-14,16H,1-4H3,(H,28,32). The number of carbonyl (C=O) groups excluding carboxylic acids is 1. The molecule has 0 saturated carbocycles. The number of carbonyl (C=O) groups is 1. The topological polar surface area (TPSA) is 69.0 Å². The maximum Gasteiger partial charge on any atom is 0.265 e. The van der Waals surface area contributed by atoms with E-state index in [-0.39, 0.29) is 5.91 Å².